The molecule has 0 N–H and O–H groups in total. The van der Waals surface area contributed by atoms with Gasteiger partial charge >= 0.3 is 0 Å². The van der Waals surface area contributed by atoms with Crippen LogP contribution in [0.3, 0.4) is 0 Å². The lowest BCUT2D eigenvalue weighted by Crippen LogP contribution is -2.36. The third-order valence-corrected chi connectivity index (χ3v) is 5.66. The summed E-state index contributed by atoms with van der Waals surface area (Å²) in [5.74, 6) is 0.588. The van der Waals surface area contributed by atoms with E-state index in [4.69, 9.17) is 27.9 Å². The van der Waals surface area contributed by atoms with Gasteiger partial charge in [-0.15, -0.1) is 0 Å². The molecule has 0 fully saturated rings. The van der Waals surface area contributed by atoms with Crippen molar-refractivity contribution in [3.63, 3.8) is 0 Å². The third kappa shape index (κ3) is 4.75. The van der Waals surface area contributed by atoms with Crippen LogP contribution in [0.5, 0.6) is 5.75 Å². The van der Waals surface area contributed by atoms with Gasteiger partial charge in [0.1, 0.15) is 5.75 Å². The summed E-state index contributed by atoms with van der Waals surface area (Å²) in [6, 6.07) is 10.6. The van der Waals surface area contributed by atoms with Gasteiger partial charge in [0.2, 0.25) is 0 Å². The van der Waals surface area contributed by atoms with Crippen LogP contribution < -0.4 is 9.64 Å². The highest BCUT2D eigenvalue weighted by Crippen LogP contribution is 2.33. The van der Waals surface area contributed by atoms with Crippen molar-refractivity contribution in [3.05, 3.63) is 52.0 Å². The fourth-order valence-corrected chi connectivity index (χ4v) is 4.16. The number of nitrogens with zero attached hydrogens (tertiary/aromatic N) is 3. The second-order valence-corrected chi connectivity index (χ2v) is 8.30. The van der Waals surface area contributed by atoms with E-state index in [1.807, 2.05) is 44.1 Å². The van der Waals surface area contributed by atoms with Crippen LogP contribution >= 0.6 is 34.5 Å². The van der Waals surface area contributed by atoms with Crippen molar-refractivity contribution in [2.24, 2.45) is 0 Å². The molecule has 5 nitrogen and oxygen atoms in total. The first-order valence-electron chi connectivity index (χ1n) is 8.84. The maximum atomic E-state index is 13.3. The zero-order valence-corrected chi connectivity index (χ0v) is 18.2. The number of amides is 1. The van der Waals surface area contributed by atoms with Gasteiger partial charge in [0.15, 0.2) is 5.13 Å². The van der Waals surface area contributed by atoms with Crippen LogP contribution in [0.2, 0.25) is 10.0 Å². The number of aromatic nitrogens is 1. The highest BCUT2D eigenvalue weighted by molar-refractivity contribution is 7.22. The number of thiazole rings is 1. The minimum Gasteiger partial charge on any atom is -0.494 e. The standard InChI is InChI=1S/C20H21Cl2N3O2S/c1-4-27-14-6-8-17-18(12-14)28-20(23-17)25(10-9-24(2)3)19(26)15-7-5-13(21)11-16(15)22/h5-8,11-12H,4,9-10H2,1-3H3. The van der Waals surface area contributed by atoms with Gasteiger partial charge in [0, 0.05) is 18.1 Å². The van der Waals surface area contributed by atoms with E-state index in [9.17, 15) is 4.79 Å². The van der Waals surface area contributed by atoms with Crippen molar-refractivity contribution in [2.75, 3.05) is 38.7 Å². The number of likely N-dealkylation sites (N-methyl/N-ethyl adjacent to an activating group) is 1. The Bertz CT molecular complexity index is 991. The molecular formula is C20H21Cl2N3O2S. The van der Waals surface area contributed by atoms with Gasteiger partial charge in [-0.25, -0.2) is 4.98 Å². The van der Waals surface area contributed by atoms with Crippen LogP contribution in [0.1, 0.15) is 17.3 Å². The van der Waals surface area contributed by atoms with Gasteiger partial charge in [-0.05, 0) is 57.4 Å². The van der Waals surface area contributed by atoms with Gasteiger partial charge in [-0.2, -0.15) is 0 Å². The first-order chi connectivity index (χ1) is 13.4. The van der Waals surface area contributed by atoms with Gasteiger partial charge in [-0.3, -0.25) is 9.69 Å². The molecule has 3 rings (SSSR count). The van der Waals surface area contributed by atoms with Gasteiger partial charge in [-0.1, -0.05) is 34.5 Å². The molecular weight excluding hydrogens is 417 g/mol. The van der Waals surface area contributed by atoms with E-state index in [0.29, 0.717) is 40.4 Å². The Morgan fingerprint density at radius 1 is 1.14 bits per heavy atom. The first-order valence-corrected chi connectivity index (χ1v) is 10.4. The molecule has 1 heterocycles. The van der Waals surface area contributed by atoms with Gasteiger partial charge in [0.05, 0.1) is 27.4 Å². The van der Waals surface area contributed by atoms with Crippen molar-refractivity contribution >= 4 is 55.8 Å². The van der Waals surface area contributed by atoms with Crippen LogP contribution in [-0.4, -0.2) is 49.6 Å². The number of hydrogen-bond donors (Lipinski definition) is 0. The minimum absolute atomic E-state index is 0.201. The molecule has 28 heavy (non-hydrogen) atoms. The molecule has 1 aromatic heterocycles. The Morgan fingerprint density at radius 2 is 1.93 bits per heavy atom. The molecule has 0 saturated carbocycles. The van der Waals surface area contributed by atoms with Crippen molar-refractivity contribution in [1.82, 2.24) is 9.88 Å². The number of anilines is 1. The van der Waals surface area contributed by atoms with Gasteiger partial charge < -0.3 is 9.64 Å². The fraction of sp³-hybridized carbons (Fsp3) is 0.300. The average Bonchev–Trinajstić information content (AvgIpc) is 3.04. The lowest BCUT2D eigenvalue weighted by Gasteiger charge is -2.22. The van der Waals surface area contributed by atoms with Crippen molar-refractivity contribution in [1.29, 1.82) is 0 Å². The number of benzene rings is 2. The first kappa shape index (κ1) is 20.9. The van der Waals surface area contributed by atoms with E-state index in [1.54, 1.807) is 23.1 Å². The summed E-state index contributed by atoms with van der Waals surface area (Å²) in [6.07, 6.45) is 0. The molecule has 0 saturated heterocycles. The summed E-state index contributed by atoms with van der Waals surface area (Å²) in [5, 5.41) is 1.44. The molecule has 2 aromatic carbocycles. The Hall–Kier alpha value is -1.86. The summed E-state index contributed by atoms with van der Waals surface area (Å²) in [4.78, 5) is 21.6. The topological polar surface area (TPSA) is 45.7 Å². The second-order valence-electron chi connectivity index (χ2n) is 6.44. The lowest BCUT2D eigenvalue weighted by molar-refractivity contribution is 0.0985. The molecule has 0 unspecified atom stereocenters. The second kappa shape index (κ2) is 9.09. The van der Waals surface area contributed by atoms with Crippen molar-refractivity contribution in [2.45, 2.75) is 6.92 Å². The molecule has 8 heteroatoms. The molecule has 0 bridgehead atoms. The summed E-state index contributed by atoms with van der Waals surface area (Å²) < 4.78 is 6.53. The molecule has 148 valence electrons. The molecule has 3 aromatic rings. The number of carbonyl (C=O) groups is 1. The fourth-order valence-electron chi connectivity index (χ4n) is 2.66. The summed E-state index contributed by atoms with van der Waals surface area (Å²) in [6.45, 7) is 3.72. The van der Waals surface area contributed by atoms with E-state index < -0.39 is 0 Å². The predicted molar refractivity (Wildman–Crippen MR) is 117 cm³/mol. The molecule has 0 radical (unpaired) electrons. The van der Waals surface area contributed by atoms with E-state index in [-0.39, 0.29) is 5.91 Å². The Kier molecular flexibility index (Phi) is 6.78. The minimum atomic E-state index is -0.201. The molecule has 0 aliphatic rings. The molecule has 0 aliphatic carbocycles. The maximum absolute atomic E-state index is 13.3. The smallest absolute Gasteiger partial charge is 0.261 e. The Morgan fingerprint density at radius 3 is 2.61 bits per heavy atom. The largest absolute Gasteiger partial charge is 0.494 e. The van der Waals surface area contributed by atoms with Crippen molar-refractivity contribution in [3.8, 4) is 5.75 Å². The van der Waals surface area contributed by atoms with Gasteiger partial charge in [0.25, 0.3) is 5.91 Å². The van der Waals surface area contributed by atoms with Crippen LogP contribution in [-0.2, 0) is 0 Å². The van der Waals surface area contributed by atoms with E-state index >= 15 is 0 Å². The molecule has 0 atom stereocenters. The van der Waals surface area contributed by atoms with Crippen LogP contribution in [0.4, 0.5) is 5.13 Å². The van der Waals surface area contributed by atoms with E-state index in [0.717, 1.165) is 16.0 Å². The predicted octanol–water partition coefficient (Wildman–Crippen LogP) is 5.21. The zero-order valence-electron chi connectivity index (χ0n) is 15.9. The SMILES string of the molecule is CCOc1ccc2nc(N(CCN(C)C)C(=O)c3ccc(Cl)cc3Cl)sc2c1. The zero-order chi connectivity index (χ0) is 20.3. The number of carbonyl (C=O) groups excluding carboxylic acids is 1. The van der Waals surface area contributed by atoms with Crippen molar-refractivity contribution < 1.29 is 9.53 Å². The Balaban J connectivity index is 1.99. The van der Waals surface area contributed by atoms with Crippen LogP contribution in [0, 0.1) is 0 Å². The number of rotatable bonds is 7. The monoisotopic (exact) mass is 437 g/mol. The number of fused-ring (bicyclic) bond motifs is 1. The highest BCUT2D eigenvalue weighted by atomic mass is 35.5. The number of ether oxygens (including phenoxy) is 1. The number of halogens is 2. The average molecular weight is 438 g/mol. The Labute approximate surface area is 178 Å². The van der Waals surface area contributed by atoms with E-state index in [1.165, 1.54) is 11.3 Å². The quantitative estimate of drug-likeness (QED) is 0.508. The summed E-state index contributed by atoms with van der Waals surface area (Å²) in [5.41, 5.74) is 1.23. The molecule has 1 amide bonds. The van der Waals surface area contributed by atoms with E-state index in [2.05, 4.69) is 4.98 Å². The molecule has 0 spiro atoms. The highest BCUT2D eigenvalue weighted by Gasteiger charge is 2.23. The third-order valence-electron chi connectivity index (χ3n) is 4.07. The number of hydrogen-bond acceptors (Lipinski definition) is 5. The van der Waals surface area contributed by atoms with Crippen LogP contribution in [0.15, 0.2) is 36.4 Å². The molecule has 0 aliphatic heterocycles. The maximum Gasteiger partial charge on any atom is 0.261 e. The normalized spacial score (nSPS) is 11.2. The lowest BCUT2D eigenvalue weighted by atomic mass is 10.2. The van der Waals surface area contributed by atoms with Crippen LogP contribution in [0.25, 0.3) is 10.2 Å². The summed E-state index contributed by atoms with van der Waals surface area (Å²) in [7, 11) is 3.93. The summed E-state index contributed by atoms with van der Waals surface area (Å²) >= 11 is 13.7.